The highest BCUT2D eigenvalue weighted by atomic mass is 16.6. The predicted molar refractivity (Wildman–Crippen MR) is 114 cm³/mol. The van der Waals surface area contributed by atoms with Gasteiger partial charge in [0.05, 0.1) is 13.0 Å². The van der Waals surface area contributed by atoms with Crippen LogP contribution in [0.4, 0.5) is 0 Å². The van der Waals surface area contributed by atoms with E-state index in [1.54, 1.807) is 0 Å². The van der Waals surface area contributed by atoms with Crippen molar-refractivity contribution in [3.8, 4) is 0 Å². The minimum absolute atomic E-state index is 0.0783. The van der Waals surface area contributed by atoms with Gasteiger partial charge in [-0.05, 0) is 68.1 Å². The van der Waals surface area contributed by atoms with Gasteiger partial charge in [-0.3, -0.25) is 19.2 Å². The van der Waals surface area contributed by atoms with Crippen molar-refractivity contribution in [1.29, 1.82) is 0 Å². The van der Waals surface area contributed by atoms with E-state index in [1.807, 2.05) is 6.92 Å². The molecular formula is C25H36O7. The topological polar surface area (TPSA) is 96.0 Å². The van der Waals surface area contributed by atoms with Crippen molar-refractivity contribution in [2.45, 2.75) is 84.8 Å². The Labute approximate surface area is 189 Å². The van der Waals surface area contributed by atoms with Crippen LogP contribution in [0.15, 0.2) is 0 Å². The highest BCUT2D eigenvalue weighted by Crippen LogP contribution is 2.67. The lowest BCUT2D eigenvalue weighted by Gasteiger charge is -2.61. The van der Waals surface area contributed by atoms with E-state index in [2.05, 4.69) is 6.92 Å². The van der Waals surface area contributed by atoms with E-state index in [4.69, 9.17) is 14.2 Å². The van der Waals surface area contributed by atoms with Crippen LogP contribution in [-0.2, 0) is 33.4 Å². The number of carbonyl (C=O) groups is 4. The summed E-state index contributed by atoms with van der Waals surface area (Å²) in [5.74, 6) is -1.15. The van der Waals surface area contributed by atoms with Crippen LogP contribution in [0.3, 0.4) is 0 Å². The summed E-state index contributed by atoms with van der Waals surface area (Å²) in [5.41, 5.74) is -1.05. The molecule has 0 bridgehead atoms. The van der Waals surface area contributed by atoms with Crippen molar-refractivity contribution in [2.75, 3.05) is 7.11 Å². The Hall–Kier alpha value is -1.92. The van der Waals surface area contributed by atoms with E-state index in [9.17, 15) is 19.2 Å². The molecule has 0 aliphatic heterocycles. The van der Waals surface area contributed by atoms with Crippen molar-refractivity contribution < 1.29 is 33.4 Å². The SMILES string of the molecule is COC(=O)[C@H]1CC[C@H]2C3CCC4C[C@@H](OC(C)=O)CC[C@]4(C)C3[C@H](OC(C)=O)C(=O)[C@]12C. The van der Waals surface area contributed by atoms with Gasteiger partial charge >= 0.3 is 17.9 Å². The number of Topliss-reactive ketones (excluding diaryl/α,β-unsaturated/α-hetero) is 1. The summed E-state index contributed by atoms with van der Waals surface area (Å²) in [6.45, 7) is 6.92. The second-order valence-electron chi connectivity index (χ2n) is 10.9. The van der Waals surface area contributed by atoms with Gasteiger partial charge in [0.15, 0.2) is 11.9 Å². The van der Waals surface area contributed by atoms with Crippen molar-refractivity contribution >= 4 is 23.7 Å². The molecule has 4 aliphatic carbocycles. The van der Waals surface area contributed by atoms with Crippen molar-refractivity contribution in [1.82, 2.24) is 0 Å². The standard InChI is InChI=1S/C25H36O7/c1-13(26)31-16-10-11-24(3)15(12-16)6-7-17-18-8-9-19(23(29)30-5)25(18,4)22(28)21(20(17)24)32-14(2)27/h15-21H,6-12H2,1-5H3/t15?,16-,17?,18-,19+,20?,21-,24-,25-/m0/s1. The van der Waals surface area contributed by atoms with Crippen LogP contribution in [0.5, 0.6) is 0 Å². The van der Waals surface area contributed by atoms with Gasteiger partial charge in [-0.15, -0.1) is 0 Å². The molecular weight excluding hydrogens is 412 g/mol. The molecule has 0 N–H and O–H groups in total. The first-order chi connectivity index (χ1) is 15.0. The summed E-state index contributed by atoms with van der Waals surface area (Å²) in [5, 5.41) is 0. The Balaban J connectivity index is 1.71. The third-order valence-electron chi connectivity index (χ3n) is 9.56. The highest BCUT2D eigenvalue weighted by molar-refractivity contribution is 5.96. The third kappa shape index (κ3) is 3.38. The molecule has 0 aromatic rings. The fourth-order valence-corrected chi connectivity index (χ4v) is 8.19. The molecule has 4 fully saturated rings. The molecule has 9 atom stereocenters. The zero-order valence-corrected chi connectivity index (χ0v) is 19.8. The van der Waals surface area contributed by atoms with Gasteiger partial charge in [-0.25, -0.2) is 0 Å². The summed E-state index contributed by atoms with van der Waals surface area (Å²) in [6.07, 6.45) is 4.79. The van der Waals surface area contributed by atoms with Crippen LogP contribution in [-0.4, -0.2) is 43.0 Å². The minimum Gasteiger partial charge on any atom is -0.469 e. The van der Waals surface area contributed by atoms with Crippen LogP contribution in [0.25, 0.3) is 0 Å². The van der Waals surface area contributed by atoms with E-state index in [1.165, 1.54) is 21.0 Å². The van der Waals surface area contributed by atoms with E-state index in [0.29, 0.717) is 12.3 Å². The van der Waals surface area contributed by atoms with Gasteiger partial charge in [0.2, 0.25) is 0 Å². The number of ether oxygens (including phenoxy) is 3. The number of hydrogen-bond acceptors (Lipinski definition) is 7. The number of esters is 3. The Bertz CT molecular complexity index is 821. The summed E-state index contributed by atoms with van der Waals surface area (Å²) < 4.78 is 16.4. The molecule has 0 amide bonds. The Morgan fingerprint density at radius 3 is 2.25 bits per heavy atom. The Morgan fingerprint density at radius 1 is 0.938 bits per heavy atom. The van der Waals surface area contributed by atoms with Crippen LogP contribution in [0, 0.1) is 40.4 Å². The average molecular weight is 449 g/mol. The number of ketones is 1. The smallest absolute Gasteiger partial charge is 0.309 e. The van der Waals surface area contributed by atoms with Gasteiger partial charge < -0.3 is 14.2 Å². The largest absolute Gasteiger partial charge is 0.469 e. The first kappa shape index (κ1) is 23.2. The molecule has 7 nitrogen and oxygen atoms in total. The summed E-state index contributed by atoms with van der Waals surface area (Å²) >= 11 is 0. The molecule has 0 aromatic heterocycles. The summed E-state index contributed by atoms with van der Waals surface area (Å²) in [7, 11) is 1.37. The molecule has 0 saturated heterocycles. The van der Waals surface area contributed by atoms with Crippen LogP contribution in [0.2, 0.25) is 0 Å². The molecule has 4 aliphatic rings. The van der Waals surface area contributed by atoms with Crippen molar-refractivity contribution in [3.05, 3.63) is 0 Å². The fraction of sp³-hybridized carbons (Fsp3) is 0.840. The van der Waals surface area contributed by atoms with Gasteiger partial charge in [0, 0.05) is 25.2 Å². The normalized spacial score (nSPS) is 45.2. The zero-order chi connectivity index (χ0) is 23.4. The lowest BCUT2D eigenvalue weighted by atomic mass is 9.43. The molecule has 0 spiro atoms. The summed E-state index contributed by atoms with van der Waals surface area (Å²) in [6, 6.07) is 0. The monoisotopic (exact) mass is 448 g/mol. The number of rotatable bonds is 3. The maximum atomic E-state index is 14.0. The molecule has 4 saturated carbocycles. The van der Waals surface area contributed by atoms with Gasteiger partial charge in [0.1, 0.15) is 6.10 Å². The number of carbonyl (C=O) groups excluding carboxylic acids is 4. The first-order valence-electron chi connectivity index (χ1n) is 12.0. The van der Waals surface area contributed by atoms with Crippen molar-refractivity contribution in [2.24, 2.45) is 40.4 Å². The number of hydrogen-bond donors (Lipinski definition) is 0. The molecule has 3 unspecified atom stereocenters. The summed E-state index contributed by atoms with van der Waals surface area (Å²) in [4.78, 5) is 50.2. The molecule has 178 valence electrons. The lowest BCUT2D eigenvalue weighted by molar-refractivity contribution is -0.202. The maximum absolute atomic E-state index is 14.0. The first-order valence-corrected chi connectivity index (χ1v) is 12.0. The molecule has 0 aromatic carbocycles. The second kappa shape index (κ2) is 8.14. The fourth-order valence-electron chi connectivity index (χ4n) is 8.19. The molecule has 0 radical (unpaired) electrons. The third-order valence-corrected chi connectivity index (χ3v) is 9.56. The van der Waals surface area contributed by atoms with Crippen LogP contribution >= 0.6 is 0 Å². The van der Waals surface area contributed by atoms with E-state index in [-0.39, 0.29) is 47.0 Å². The van der Waals surface area contributed by atoms with Crippen LogP contribution in [0.1, 0.15) is 72.6 Å². The van der Waals surface area contributed by atoms with E-state index >= 15 is 0 Å². The molecule has 32 heavy (non-hydrogen) atoms. The van der Waals surface area contributed by atoms with E-state index in [0.717, 1.165) is 38.5 Å². The minimum atomic E-state index is -0.869. The maximum Gasteiger partial charge on any atom is 0.309 e. The quantitative estimate of drug-likeness (QED) is 0.482. The number of methoxy groups -OCH3 is 1. The lowest BCUT2D eigenvalue weighted by Crippen LogP contribution is -2.64. The predicted octanol–water partition coefficient (Wildman–Crippen LogP) is 3.47. The van der Waals surface area contributed by atoms with Gasteiger partial charge in [-0.2, -0.15) is 0 Å². The highest BCUT2D eigenvalue weighted by Gasteiger charge is 2.69. The zero-order valence-electron chi connectivity index (χ0n) is 19.8. The Kier molecular flexibility index (Phi) is 5.91. The molecule has 0 heterocycles. The van der Waals surface area contributed by atoms with Gasteiger partial charge in [-0.1, -0.05) is 13.8 Å². The van der Waals surface area contributed by atoms with Crippen molar-refractivity contribution in [3.63, 3.8) is 0 Å². The average Bonchev–Trinajstić information content (AvgIpc) is 3.08. The van der Waals surface area contributed by atoms with Crippen LogP contribution < -0.4 is 0 Å². The molecule has 4 rings (SSSR count). The molecule has 7 heteroatoms. The number of fused-ring (bicyclic) bond motifs is 5. The Morgan fingerprint density at radius 2 is 1.62 bits per heavy atom. The van der Waals surface area contributed by atoms with E-state index < -0.39 is 23.4 Å². The van der Waals surface area contributed by atoms with Gasteiger partial charge in [0.25, 0.3) is 0 Å². The second-order valence-corrected chi connectivity index (χ2v) is 10.9.